The molecule has 0 spiro atoms. The van der Waals surface area contributed by atoms with E-state index in [0.29, 0.717) is 23.5 Å². The van der Waals surface area contributed by atoms with Crippen molar-refractivity contribution in [3.05, 3.63) is 75.8 Å². The van der Waals surface area contributed by atoms with Crippen LogP contribution in [0.3, 0.4) is 0 Å². The molecule has 29 heavy (non-hydrogen) atoms. The number of halogens is 1. The second kappa shape index (κ2) is 9.28. The predicted octanol–water partition coefficient (Wildman–Crippen LogP) is 3.68. The molecule has 0 saturated carbocycles. The minimum absolute atomic E-state index is 0.0523. The highest BCUT2D eigenvalue weighted by Crippen LogP contribution is 2.20. The van der Waals surface area contributed by atoms with E-state index < -0.39 is 11.4 Å². The average Bonchev–Trinajstić information content (AvgIpc) is 2.73. The third-order valence-corrected chi connectivity index (χ3v) is 3.89. The molecule has 0 saturated heterocycles. The first-order chi connectivity index (χ1) is 14.1. The summed E-state index contributed by atoms with van der Waals surface area (Å²) in [5.74, 6) is 0.119. The van der Waals surface area contributed by atoms with Crippen LogP contribution in [-0.4, -0.2) is 22.8 Å². The van der Waals surface area contributed by atoms with Gasteiger partial charge in [-0.2, -0.15) is 10.4 Å². The van der Waals surface area contributed by atoms with Gasteiger partial charge in [0.15, 0.2) is 0 Å². The number of nitrogens with one attached hydrogen (secondary N) is 2. The quantitative estimate of drug-likeness (QED) is 0.472. The van der Waals surface area contributed by atoms with Crippen molar-refractivity contribution in [3.8, 4) is 23.1 Å². The number of nitrogens with zero attached hydrogens (tertiary/aromatic N) is 3. The molecule has 146 valence electrons. The fourth-order valence-corrected chi connectivity index (χ4v) is 2.56. The minimum Gasteiger partial charge on any atom is -0.493 e. The largest absolute Gasteiger partial charge is 0.493 e. The lowest BCUT2D eigenvalue weighted by Crippen LogP contribution is -2.16. The molecule has 2 aromatic carbocycles. The smallest absolute Gasteiger partial charge is 0.270 e. The summed E-state index contributed by atoms with van der Waals surface area (Å²) in [7, 11) is 0. The predicted molar refractivity (Wildman–Crippen MR) is 108 cm³/mol. The maximum absolute atomic E-state index is 13.6. The molecule has 0 bridgehead atoms. The Kier molecular flexibility index (Phi) is 6.32. The van der Waals surface area contributed by atoms with E-state index in [1.807, 2.05) is 19.1 Å². The molecule has 0 aliphatic carbocycles. The normalized spacial score (nSPS) is 10.7. The number of hydrogen-bond acceptors (Lipinski definition) is 6. The van der Waals surface area contributed by atoms with Crippen LogP contribution in [0.2, 0.25) is 0 Å². The molecule has 1 heterocycles. The molecule has 0 atom stereocenters. The molecular formula is C21H18FN5O2. The van der Waals surface area contributed by atoms with Crippen LogP contribution in [0.25, 0.3) is 11.3 Å². The van der Waals surface area contributed by atoms with E-state index in [2.05, 4.69) is 20.5 Å². The first-order valence-electron chi connectivity index (χ1n) is 8.93. The molecule has 0 aliphatic heterocycles. The molecule has 1 aromatic heterocycles. The molecule has 0 amide bonds. The lowest BCUT2D eigenvalue weighted by Gasteiger charge is -2.08. The molecule has 0 radical (unpaired) electrons. The first kappa shape index (κ1) is 19.8. The van der Waals surface area contributed by atoms with Crippen LogP contribution in [0.1, 0.15) is 24.5 Å². The third kappa shape index (κ3) is 4.84. The zero-order valence-electron chi connectivity index (χ0n) is 15.6. The van der Waals surface area contributed by atoms with Gasteiger partial charge in [-0.15, -0.1) is 0 Å². The van der Waals surface area contributed by atoms with Crippen LogP contribution in [-0.2, 0) is 0 Å². The van der Waals surface area contributed by atoms with Gasteiger partial charge in [-0.05, 0) is 24.6 Å². The average molecular weight is 391 g/mol. The summed E-state index contributed by atoms with van der Waals surface area (Å²) in [6, 6.07) is 14.9. The van der Waals surface area contributed by atoms with Crippen molar-refractivity contribution in [2.75, 3.05) is 12.0 Å². The Morgan fingerprint density at radius 1 is 1.31 bits per heavy atom. The van der Waals surface area contributed by atoms with Gasteiger partial charge < -0.3 is 4.74 Å². The molecule has 8 heteroatoms. The Balaban J connectivity index is 1.89. The molecule has 0 aliphatic rings. The van der Waals surface area contributed by atoms with Crippen LogP contribution < -0.4 is 15.7 Å². The highest BCUT2D eigenvalue weighted by atomic mass is 19.1. The maximum Gasteiger partial charge on any atom is 0.270 e. The number of H-pyrrole nitrogens is 1. The van der Waals surface area contributed by atoms with E-state index >= 15 is 0 Å². The van der Waals surface area contributed by atoms with Crippen molar-refractivity contribution in [1.29, 1.82) is 5.26 Å². The van der Waals surface area contributed by atoms with Crippen LogP contribution in [0.15, 0.2) is 58.4 Å². The standard InChI is InChI=1S/C21H18FN5O2/c1-2-10-29-18-9-8-16(22)11-15(18)13-24-27-21-25-19(14-6-4-3-5-7-14)17(12-23)20(28)26-21/h3-9,11,13H,2,10H2,1H3,(H2,25,26,27,28). The number of anilines is 1. The van der Waals surface area contributed by atoms with Gasteiger partial charge in [-0.25, -0.2) is 14.8 Å². The summed E-state index contributed by atoms with van der Waals surface area (Å²) in [6.45, 7) is 2.46. The summed E-state index contributed by atoms with van der Waals surface area (Å²) in [5.41, 5.74) is 3.24. The Bertz CT molecular complexity index is 1120. The monoisotopic (exact) mass is 391 g/mol. The van der Waals surface area contributed by atoms with Gasteiger partial charge in [0.05, 0.1) is 18.5 Å². The van der Waals surface area contributed by atoms with E-state index in [4.69, 9.17) is 4.74 Å². The van der Waals surface area contributed by atoms with Crippen molar-refractivity contribution in [1.82, 2.24) is 9.97 Å². The molecule has 0 unspecified atom stereocenters. The fourth-order valence-electron chi connectivity index (χ4n) is 2.56. The Morgan fingerprint density at radius 3 is 2.83 bits per heavy atom. The molecule has 2 N–H and O–H groups in total. The van der Waals surface area contributed by atoms with Crippen molar-refractivity contribution >= 4 is 12.2 Å². The zero-order chi connectivity index (χ0) is 20.6. The van der Waals surface area contributed by atoms with Crippen molar-refractivity contribution < 1.29 is 9.13 Å². The van der Waals surface area contributed by atoms with Crippen molar-refractivity contribution in [3.63, 3.8) is 0 Å². The van der Waals surface area contributed by atoms with Crippen molar-refractivity contribution in [2.45, 2.75) is 13.3 Å². The van der Waals surface area contributed by atoms with Crippen LogP contribution in [0, 0.1) is 17.1 Å². The van der Waals surface area contributed by atoms with E-state index in [1.54, 1.807) is 24.3 Å². The summed E-state index contributed by atoms with van der Waals surface area (Å²) in [4.78, 5) is 19.0. The number of hydrogen-bond donors (Lipinski definition) is 2. The van der Waals surface area contributed by atoms with Crippen LogP contribution in [0.4, 0.5) is 10.3 Å². The first-order valence-corrected chi connectivity index (χ1v) is 8.93. The number of rotatable bonds is 7. The lowest BCUT2D eigenvalue weighted by molar-refractivity contribution is 0.316. The van der Waals surface area contributed by atoms with Gasteiger partial charge in [-0.3, -0.25) is 9.78 Å². The summed E-state index contributed by atoms with van der Waals surface area (Å²) in [6.07, 6.45) is 2.18. The Hall–Kier alpha value is -3.99. The van der Waals surface area contributed by atoms with E-state index in [1.165, 1.54) is 24.4 Å². The van der Waals surface area contributed by atoms with E-state index in [-0.39, 0.29) is 17.2 Å². The van der Waals surface area contributed by atoms with Gasteiger partial charge in [0, 0.05) is 11.1 Å². The molecule has 0 fully saturated rings. The molecule has 3 aromatic rings. The highest BCUT2D eigenvalue weighted by Gasteiger charge is 2.13. The number of nitriles is 1. The van der Waals surface area contributed by atoms with Crippen molar-refractivity contribution in [2.24, 2.45) is 5.10 Å². The number of aromatic nitrogens is 2. The summed E-state index contributed by atoms with van der Waals surface area (Å²) < 4.78 is 19.1. The third-order valence-electron chi connectivity index (χ3n) is 3.89. The SMILES string of the molecule is CCCOc1ccc(F)cc1C=NNc1nc(-c2ccccc2)c(C#N)c(=O)[nH]1. The molecular weight excluding hydrogens is 373 g/mol. The van der Waals surface area contributed by atoms with Gasteiger partial charge in [0.1, 0.15) is 23.2 Å². The Labute approximate surface area is 166 Å². The summed E-state index contributed by atoms with van der Waals surface area (Å²) >= 11 is 0. The van der Waals surface area contributed by atoms with E-state index in [9.17, 15) is 14.4 Å². The molecule has 7 nitrogen and oxygen atoms in total. The fraction of sp³-hybridized carbons (Fsp3) is 0.143. The minimum atomic E-state index is -0.586. The summed E-state index contributed by atoms with van der Waals surface area (Å²) in [5, 5.41) is 13.3. The number of aromatic amines is 1. The zero-order valence-corrected chi connectivity index (χ0v) is 15.6. The number of benzene rings is 2. The van der Waals surface area contributed by atoms with Gasteiger partial charge >= 0.3 is 0 Å². The van der Waals surface area contributed by atoms with Crippen LogP contribution in [0.5, 0.6) is 5.75 Å². The number of hydrazone groups is 1. The lowest BCUT2D eigenvalue weighted by atomic mass is 10.1. The maximum atomic E-state index is 13.6. The topological polar surface area (TPSA) is 103 Å². The van der Waals surface area contributed by atoms with Crippen LogP contribution >= 0.6 is 0 Å². The van der Waals surface area contributed by atoms with E-state index in [0.717, 1.165) is 6.42 Å². The Morgan fingerprint density at radius 2 is 2.10 bits per heavy atom. The second-order valence-corrected chi connectivity index (χ2v) is 6.02. The van der Waals surface area contributed by atoms with Gasteiger partial charge in [0.25, 0.3) is 5.56 Å². The highest BCUT2D eigenvalue weighted by molar-refractivity contribution is 5.84. The van der Waals surface area contributed by atoms with Gasteiger partial charge in [-0.1, -0.05) is 37.3 Å². The van der Waals surface area contributed by atoms with Gasteiger partial charge in [0.2, 0.25) is 5.95 Å². The second-order valence-electron chi connectivity index (χ2n) is 6.02. The number of ether oxygens (including phenoxy) is 1. The molecule has 3 rings (SSSR count).